The van der Waals surface area contributed by atoms with Gasteiger partial charge in [0.25, 0.3) is 0 Å². The summed E-state index contributed by atoms with van der Waals surface area (Å²) in [4.78, 5) is 20.7. The predicted octanol–water partition coefficient (Wildman–Crippen LogP) is 8.90. The zero-order chi connectivity index (χ0) is 37.5. The van der Waals surface area contributed by atoms with Crippen LogP contribution >= 0.6 is 0 Å². The summed E-state index contributed by atoms with van der Waals surface area (Å²) in [6, 6.07) is 59.1. The van der Waals surface area contributed by atoms with Gasteiger partial charge in [-0.1, -0.05) is 158 Å². The third-order valence-electron chi connectivity index (χ3n) is 11.6. The Balaban J connectivity index is 1.09. The van der Waals surface area contributed by atoms with Gasteiger partial charge in [-0.3, -0.25) is 0 Å². The highest BCUT2D eigenvalue weighted by Gasteiger charge is 2.38. The second-order valence-corrected chi connectivity index (χ2v) is 14.9. The second-order valence-electron chi connectivity index (χ2n) is 14.9. The van der Waals surface area contributed by atoms with E-state index < -0.39 is 0 Å². The van der Waals surface area contributed by atoms with E-state index >= 15 is 0 Å². The SMILES string of the molecule is C1=C2C(=Nc3ccccc32)c2oc3c(c2C1c1ccccc1)=CC(c1cccc(-c2cc(-c4ccccc4)nc(-c4ccccc4)n2)c1)C1=c2ccccc2=NC=31. The van der Waals surface area contributed by atoms with Crippen LogP contribution in [0.15, 0.2) is 190 Å². The van der Waals surface area contributed by atoms with Crippen LogP contribution in [-0.2, 0) is 0 Å². The highest BCUT2D eigenvalue weighted by atomic mass is 16.3. The molecule has 5 nitrogen and oxygen atoms in total. The lowest BCUT2D eigenvalue weighted by Gasteiger charge is -2.22. The van der Waals surface area contributed by atoms with Crippen molar-refractivity contribution in [3.05, 3.63) is 225 Å². The number of hydrogen-bond donors (Lipinski definition) is 0. The van der Waals surface area contributed by atoms with Crippen LogP contribution < -0.4 is 21.2 Å². The maximum Gasteiger partial charge on any atom is 0.160 e. The Morgan fingerprint density at radius 3 is 2.00 bits per heavy atom. The minimum absolute atomic E-state index is 0.0307. The highest BCUT2D eigenvalue weighted by molar-refractivity contribution is 6.36. The van der Waals surface area contributed by atoms with Crippen LogP contribution in [0.25, 0.3) is 56.8 Å². The molecular weight excluding hydrogens is 697 g/mol. The first-order valence-electron chi connectivity index (χ1n) is 19.4. The molecule has 8 aromatic rings. The lowest BCUT2D eigenvalue weighted by atomic mass is 9.78. The minimum Gasteiger partial charge on any atom is -0.452 e. The molecule has 0 spiro atoms. The summed E-state index contributed by atoms with van der Waals surface area (Å²) in [7, 11) is 0. The number of hydrogen-bond acceptors (Lipinski definition) is 5. The molecule has 2 atom stereocenters. The molecule has 0 radical (unpaired) electrons. The molecule has 2 aliphatic carbocycles. The van der Waals surface area contributed by atoms with Gasteiger partial charge < -0.3 is 4.42 Å². The van der Waals surface area contributed by atoms with Gasteiger partial charge in [0, 0.05) is 61.2 Å². The number of aromatic nitrogens is 2. The Bertz CT molecular complexity index is 3230. The molecule has 2 aromatic heterocycles. The fraction of sp³-hybridized carbons (Fsp3) is 0.0385. The number of para-hydroxylation sites is 2. The van der Waals surface area contributed by atoms with Crippen molar-refractivity contribution in [1.29, 1.82) is 0 Å². The van der Waals surface area contributed by atoms with E-state index in [0.717, 1.165) is 100.0 Å². The Morgan fingerprint density at radius 1 is 0.509 bits per heavy atom. The molecule has 5 heteroatoms. The first-order chi connectivity index (χ1) is 28.2. The van der Waals surface area contributed by atoms with Crippen LogP contribution in [0.4, 0.5) is 5.69 Å². The van der Waals surface area contributed by atoms with Crippen molar-refractivity contribution in [2.75, 3.05) is 0 Å². The minimum atomic E-state index is -0.102. The van der Waals surface area contributed by atoms with Crippen LogP contribution in [0.3, 0.4) is 0 Å². The van der Waals surface area contributed by atoms with Crippen molar-refractivity contribution >= 4 is 34.3 Å². The van der Waals surface area contributed by atoms with Gasteiger partial charge in [0.1, 0.15) is 11.4 Å². The summed E-state index contributed by atoms with van der Waals surface area (Å²) >= 11 is 0. The van der Waals surface area contributed by atoms with Gasteiger partial charge in [0.2, 0.25) is 0 Å². The number of aliphatic imine (C=N–C) groups is 1. The molecule has 57 heavy (non-hydrogen) atoms. The van der Waals surface area contributed by atoms with E-state index in [2.05, 4.69) is 152 Å². The lowest BCUT2D eigenvalue weighted by molar-refractivity contribution is 0.517. The Kier molecular flexibility index (Phi) is 6.99. The van der Waals surface area contributed by atoms with Gasteiger partial charge in [-0.05, 0) is 35.4 Å². The Morgan fingerprint density at radius 2 is 1.18 bits per heavy atom. The normalized spacial score (nSPS) is 16.8. The van der Waals surface area contributed by atoms with E-state index in [1.54, 1.807) is 0 Å². The Labute approximate surface area is 328 Å². The van der Waals surface area contributed by atoms with Crippen LogP contribution in [0.1, 0.15) is 39.8 Å². The van der Waals surface area contributed by atoms with Crippen molar-refractivity contribution in [2.24, 2.45) is 9.98 Å². The van der Waals surface area contributed by atoms with Gasteiger partial charge in [-0.2, -0.15) is 0 Å². The number of rotatable bonds is 5. The average Bonchev–Trinajstić information content (AvgIpc) is 3.99. The van der Waals surface area contributed by atoms with Crippen molar-refractivity contribution in [3.63, 3.8) is 0 Å². The van der Waals surface area contributed by atoms with Crippen LogP contribution in [-0.4, -0.2) is 15.7 Å². The molecule has 0 N–H and O–H groups in total. The maximum absolute atomic E-state index is 7.09. The smallest absolute Gasteiger partial charge is 0.160 e. The summed E-state index contributed by atoms with van der Waals surface area (Å²) < 4.78 is 7.09. The first-order valence-corrected chi connectivity index (χ1v) is 19.4. The van der Waals surface area contributed by atoms with Crippen molar-refractivity contribution in [3.8, 4) is 33.9 Å². The standard InChI is InChI=1S/C52H32N4O/c1-4-15-31(16-5-1)38-28-40-36-23-10-12-25-42(36)53-48(40)51-47(38)41-29-39(46-37-24-11-13-26-43(37)54-49(46)50(41)57-51)34-21-14-22-35(27-34)45-30-44(32-17-6-2-7-18-32)55-52(56-45)33-19-8-3-9-20-33/h1-30,38-39H. The maximum atomic E-state index is 7.09. The van der Waals surface area contributed by atoms with Gasteiger partial charge >= 0.3 is 0 Å². The van der Waals surface area contributed by atoms with Gasteiger partial charge in [-0.25, -0.2) is 20.0 Å². The van der Waals surface area contributed by atoms with Crippen LogP contribution in [0, 0.1) is 0 Å². The van der Waals surface area contributed by atoms with Crippen molar-refractivity contribution in [2.45, 2.75) is 11.8 Å². The molecule has 0 saturated heterocycles. The fourth-order valence-corrected chi connectivity index (χ4v) is 8.97. The zero-order valence-corrected chi connectivity index (χ0v) is 30.7. The molecular formula is C52H32N4O. The molecule has 0 bridgehead atoms. The third-order valence-corrected chi connectivity index (χ3v) is 11.6. The lowest BCUT2D eigenvalue weighted by Crippen LogP contribution is -2.33. The number of fused-ring (bicyclic) bond motifs is 9. The van der Waals surface area contributed by atoms with Crippen LogP contribution in [0.2, 0.25) is 0 Å². The molecule has 0 amide bonds. The predicted molar refractivity (Wildman–Crippen MR) is 226 cm³/mol. The zero-order valence-electron chi connectivity index (χ0n) is 30.7. The monoisotopic (exact) mass is 728 g/mol. The molecule has 0 saturated carbocycles. The van der Waals surface area contributed by atoms with E-state index in [1.807, 2.05) is 30.3 Å². The number of nitrogens with zero attached hydrogens (tertiary/aromatic N) is 4. The first kappa shape index (κ1) is 31.8. The molecule has 6 aromatic carbocycles. The summed E-state index contributed by atoms with van der Waals surface area (Å²) in [5.41, 5.74) is 15.3. The van der Waals surface area contributed by atoms with E-state index in [-0.39, 0.29) is 11.8 Å². The number of allylic oxidation sites excluding steroid dienone is 2. The largest absolute Gasteiger partial charge is 0.452 e. The highest BCUT2D eigenvalue weighted by Crippen LogP contribution is 2.45. The van der Waals surface area contributed by atoms with Crippen LogP contribution in [0.5, 0.6) is 0 Å². The topological polar surface area (TPSA) is 63.6 Å². The van der Waals surface area contributed by atoms with E-state index in [9.17, 15) is 0 Å². The Hall–Kier alpha value is -7.50. The molecule has 4 aliphatic rings. The quantitative estimate of drug-likeness (QED) is 0.178. The van der Waals surface area contributed by atoms with Gasteiger partial charge in [0.15, 0.2) is 17.0 Å². The van der Waals surface area contributed by atoms with Gasteiger partial charge in [-0.15, -0.1) is 0 Å². The second kappa shape index (κ2) is 12.5. The summed E-state index contributed by atoms with van der Waals surface area (Å²) in [6.07, 6.45) is 4.80. The molecule has 12 rings (SSSR count). The molecule has 2 aliphatic heterocycles. The van der Waals surface area contributed by atoms with Gasteiger partial charge in [0.05, 0.1) is 22.4 Å². The van der Waals surface area contributed by atoms with E-state index in [1.165, 1.54) is 5.56 Å². The molecule has 4 heterocycles. The van der Waals surface area contributed by atoms with Crippen molar-refractivity contribution < 1.29 is 4.42 Å². The average molecular weight is 729 g/mol. The molecule has 0 fully saturated rings. The number of furan rings is 1. The van der Waals surface area contributed by atoms with E-state index in [0.29, 0.717) is 5.82 Å². The molecule has 2 unspecified atom stereocenters. The van der Waals surface area contributed by atoms with E-state index in [4.69, 9.17) is 24.4 Å². The summed E-state index contributed by atoms with van der Waals surface area (Å²) in [5, 5.41) is 3.17. The summed E-state index contributed by atoms with van der Waals surface area (Å²) in [5.74, 6) is 1.39. The third kappa shape index (κ3) is 5.02. The summed E-state index contributed by atoms with van der Waals surface area (Å²) in [6.45, 7) is 0. The number of benzene rings is 6. The van der Waals surface area contributed by atoms with Crippen molar-refractivity contribution in [1.82, 2.24) is 9.97 Å². The fourth-order valence-electron chi connectivity index (χ4n) is 8.97. The molecule has 266 valence electrons.